The van der Waals surface area contributed by atoms with E-state index in [0.29, 0.717) is 28.4 Å². The van der Waals surface area contributed by atoms with Gasteiger partial charge in [-0.25, -0.2) is 0 Å². The van der Waals surface area contributed by atoms with Crippen molar-refractivity contribution < 1.29 is 19.5 Å². The summed E-state index contributed by atoms with van der Waals surface area (Å²) in [5.41, 5.74) is 0.606. The SMILES string of the molecule is O=C(CN1C(=O)c2ccc(Br)cc2C1=O)NC1CCCC1O. The number of hydrogen-bond acceptors (Lipinski definition) is 4. The first-order chi connectivity index (χ1) is 10.5. The molecule has 1 fully saturated rings. The zero-order valence-corrected chi connectivity index (χ0v) is 13.3. The van der Waals surface area contributed by atoms with Crippen LogP contribution in [0.5, 0.6) is 0 Å². The van der Waals surface area contributed by atoms with Gasteiger partial charge in [-0.2, -0.15) is 0 Å². The normalized spacial score (nSPS) is 23.8. The van der Waals surface area contributed by atoms with Gasteiger partial charge in [-0.15, -0.1) is 0 Å². The van der Waals surface area contributed by atoms with E-state index < -0.39 is 23.8 Å². The Labute approximate surface area is 135 Å². The molecular formula is C15H15BrN2O4. The van der Waals surface area contributed by atoms with Crippen LogP contribution in [0.2, 0.25) is 0 Å². The topological polar surface area (TPSA) is 86.7 Å². The van der Waals surface area contributed by atoms with Crippen molar-refractivity contribution in [2.75, 3.05) is 6.54 Å². The van der Waals surface area contributed by atoms with Crippen molar-refractivity contribution in [3.05, 3.63) is 33.8 Å². The molecule has 0 radical (unpaired) electrons. The van der Waals surface area contributed by atoms with Gasteiger partial charge in [-0.1, -0.05) is 15.9 Å². The average molecular weight is 367 g/mol. The minimum atomic E-state index is -0.554. The molecule has 0 bridgehead atoms. The number of aliphatic hydroxyl groups is 1. The van der Waals surface area contributed by atoms with Crippen LogP contribution in [0.15, 0.2) is 22.7 Å². The van der Waals surface area contributed by atoms with Crippen LogP contribution in [-0.2, 0) is 4.79 Å². The molecule has 2 unspecified atom stereocenters. The molecule has 2 aliphatic rings. The van der Waals surface area contributed by atoms with Crippen molar-refractivity contribution in [1.82, 2.24) is 10.2 Å². The van der Waals surface area contributed by atoms with Gasteiger partial charge < -0.3 is 10.4 Å². The fourth-order valence-electron chi connectivity index (χ4n) is 2.91. The van der Waals surface area contributed by atoms with Crippen molar-refractivity contribution in [2.45, 2.75) is 31.4 Å². The van der Waals surface area contributed by atoms with Gasteiger partial charge in [-0.05, 0) is 37.5 Å². The molecule has 1 heterocycles. The van der Waals surface area contributed by atoms with E-state index in [9.17, 15) is 19.5 Å². The molecule has 0 spiro atoms. The highest BCUT2D eigenvalue weighted by Gasteiger charge is 2.37. The zero-order valence-electron chi connectivity index (χ0n) is 11.7. The number of imide groups is 1. The largest absolute Gasteiger partial charge is 0.391 e. The Balaban J connectivity index is 1.70. The number of halogens is 1. The molecule has 7 heteroatoms. The van der Waals surface area contributed by atoms with Crippen molar-refractivity contribution in [3.63, 3.8) is 0 Å². The van der Waals surface area contributed by atoms with Crippen molar-refractivity contribution in [1.29, 1.82) is 0 Å². The average Bonchev–Trinajstić information content (AvgIpc) is 2.97. The van der Waals surface area contributed by atoms with Crippen LogP contribution < -0.4 is 5.32 Å². The Morgan fingerprint density at radius 2 is 2.00 bits per heavy atom. The maximum absolute atomic E-state index is 12.3. The first-order valence-electron chi connectivity index (χ1n) is 7.10. The summed E-state index contributed by atoms with van der Waals surface area (Å²) in [6, 6.07) is 4.53. The lowest BCUT2D eigenvalue weighted by Gasteiger charge is -2.19. The number of nitrogens with zero attached hydrogens (tertiary/aromatic N) is 1. The molecule has 3 rings (SSSR count). The number of nitrogens with one attached hydrogen (secondary N) is 1. The standard InChI is InChI=1S/C15H15BrN2O4/c16-8-4-5-9-10(6-8)15(22)18(14(9)21)7-13(20)17-11-2-1-3-12(11)19/h4-6,11-12,19H,1-3,7H2,(H,17,20). The zero-order chi connectivity index (χ0) is 15.9. The predicted octanol–water partition coefficient (Wildman–Crippen LogP) is 1.07. The Kier molecular flexibility index (Phi) is 4.01. The molecule has 2 N–H and O–H groups in total. The lowest BCUT2D eigenvalue weighted by Crippen LogP contribution is -2.46. The van der Waals surface area contributed by atoms with Crippen LogP contribution in [0.25, 0.3) is 0 Å². The van der Waals surface area contributed by atoms with E-state index in [4.69, 9.17) is 0 Å². The highest BCUT2D eigenvalue weighted by molar-refractivity contribution is 9.10. The molecule has 3 amide bonds. The van der Waals surface area contributed by atoms with Crippen molar-refractivity contribution in [2.24, 2.45) is 0 Å². The Morgan fingerprint density at radius 1 is 1.27 bits per heavy atom. The third kappa shape index (κ3) is 2.66. The van der Waals surface area contributed by atoms with Gasteiger partial charge in [0.1, 0.15) is 6.54 Å². The summed E-state index contributed by atoms with van der Waals surface area (Å²) >= 11 is 3.26. The van der Waals surface area contributed by atoms with Gasteiger partial charge in [0.2, 0.25) is 5.91 Å². The lowest BCUT2D eigenvalue weighted by atomic mass is 10.1. The van der Waals surface area contributed by atoms with Gasteiger partial charge >= 0.3 is 0 Å². The van der Waals surface area contributed by atoms with E-state index in [1.165, 1.54) is 0 Å². The molecule has 1 aromatic carbocycles. The first-order valence-corrected chi connectivity index (χ1v) is 7.90. The second kappa shape index (κ2) is 5.81. The number of carbonyl (C=O) groups is 3. The third-order valence-electron chi connectivity index (χ3n) is 4.06. The van der Waals surface area contributed by atoms with Crippen LogP contribution in [0.1, 0.15) is 40.0 Å². The van der Waals surface area contributed by atoms with E-state index in [2.05, 4.69) is 21.2 Å². The van der Waals surface area contributed by atoms with E-state index in [1.54, 1.807) is 18.2 Å². The number of carbonyl (C=O) groups excluding carboxylic acids is 3. The molecule has 0 aromatic heterocycles. The van der Waals surface area contributed by atoms with Gasteiger partial charge in [0.05, 0.1) is 23.3 Å². The first kappa shape index (κ1) is 15.2. The molecule has 1 aromatic rings. The van der Waals surface area contributed by atoms with Crippen LogP contribution in [-0.4, -0.2) is 46.4 Å². The minimum Gasteiger partial charge on any atom is -0.391 e. The summed E-state index contributed by atoms with van der Waals surface area (Å²) in [7, 11) is 0. The molecule has 116 valence electrons. The highest BCUT2D eigenvalue weighted by Crippen LogP contribution is 2.26. The fraction of sp³-hybridized carbons (Fsp3) is 0.400. The van der Waals surface area contributed by atoms with Gasteiger partial charge in [-0.3, -0.25) is 19.3 Å². The minimum absolute atomic E-state index is 0.295. The molecule has 1 saturated carbocycles. The van der Waals surface area contributed by atoms with Crippen LogP contribution in [0.3, 0.4) is 0 Å². The van der Waals surface area contributed by atoms with Crippen molar-refractivity contribution >= 4 is 33.7 Å². The Hall–Kier alpha value is -1.73. The lowest BCUT2D eigenvalue weighted by molar-refractivity contribution is -0.122. The van der Waals surface area contributed by atoms with Crippen LogP contribution in [0, 0.1) is 0 Å². The van der Waals surface area contributed by atoms with Gasteiger partial charge in [0.15, 0.2) is 0 Å². The number of aliphatic hydroxyl groups excluding tert-OH is 1. The van der Waals surface area contributed by atoms with Gasteiger partial charge in [0, 0.05) is 4.47 Å². The summed E-state index contributed by atoms with van der Waals surface area (Å²) in [5.74, 6) is -1.36. The maximum Gasteiger partial charge on any atom is 0.262 e. The monoisotopic (exact) mass is 366 g/mol. The molecule has 6 nitrogen and oxygen atoms in total. The second-order valence-electron chi connectivity index (χ2n) is 5.56. The van der Waals surface area contributed by atoms with Crippen LogP contribution in [0.4, 0.5) is 0 Å². The quantitative estimate of drug-likeness (QED) is 0.783. The smallest absolute Gasteiger partial charge is 0.262 e. The molecule has 22 heavy (non-hydrogen) atoms. The molecule has 0 saturated heterocycles. The molecule has 1 aliphatic heterocycles. The maximum atomic E-state index is 12.3. The molecule has 1 aliphatic carbocycles. The number of amides is 3. The number of hydrogen-bond donors (Lipinski definition) is 2. The number of fused-ring (bicyclic) bond motifs is 1. The number of benzene rings is 1. The highest BCUT2D eigenvalue weighted by atomic mass is 79.9. The van der Waals surface area contributed by atoms with E-state index >= 15 is 0 Å². The summed E-state index contributed by atoms with van der Waals surface area (Å²) in [4.78, 5) is 37.4. The summed E-state index contributed by atoms with van der Waals surface area (Å²) < 4.78 is 0.702. The van der Waals surface area contributed by atoms with Crippen LogP contribution >= 0.6 is 15.9 Å². The molecular weight excluding hydrogens is 352 g/mol. The van der Waals surface area contributed by atoms with Crippen molar-refractivity contribution in [3.8, 4) is 0 Å². The Bertz CT molecular complexity index is 661. The van der Waals surface area contributed by atoms with E-state index in [-0.39, 0.29) is 12.6 Å². The van der Waals surface area contributed by atoms with E-state index in [0.717, 1.165) is 11.3 Å². The summed E-state index contributed by atoms with van der Waals surface area (Å²) in [6.07, 6.45) is 1.67. The number of rotatable bonds is 3. The summed E-state index contributed by atoms with van der Waals surface area (Å²) in [6.45, 7) is -0.326. The third-order valence-corrected chi connectivity index (χ3v) is 4.55. The van der Waals surface area contributed by atoms with E-state index in [1.807, 2.05) is 0 Å². The summed E-state index contributed by atoms with van der Waals surface area (Å²) in [5, 5.41) is 12.4. The van der Waals surface area contributed by atoms with Gasteiger partial charge in [0.25, 0.3) is 11.8 Å². The Morgan fingerprint density at radius 3 is 2.68 bits per heavy atom. The fourth-order valence-corrected chi connectivity index (χ4v) is 3.27. The predicted molar refractivity (Wildman–Crippen MR) is 81.3 cm³/mol. The second-order valence-corrected chi connectivity index (χ2v) is 6.47. The molecule has 2 atom stereocenters.